The maximum absolute atomic E-state index is 3.89. The molecule has 0 aromatic carbocycles. The number of hydrogen-bond acceptors (Lipinski definition) is 1. The number of rotatable bonds is 3. The van der Waals surface area contributed by atoms with Crippen molar-refractivity contribution in [2.45, 2.75) is 13.8 Å². The lowest BCUT2D eigenvalue weighted by Gasteiger charge is -1.82. The van der Waals surface area contributed by atoms with Gasteiger partial charge in [-0.2, -0.15) is 0 Å². The minimum atomic E-state index is 1.14. The quantitative estimate of drug-likeness (QED) is 0.417. The Hall–Kier alpha value is -1.11. The van der Waals surface area contributed by atoms with Gasteiger partial charge in [0.05, 0.1) is 0 Å². The van der Waals surface area contributed by atoms with E-state index in [1.165, 1.54) is 0 Å². The summed E-state index contributed by atoms with van der Waals surface area (Å²) in [5, 5.41) is 0. The molecular weight excluding hydrogens is 122 g/mol. The van der Waals surface area contributed by atoms with Gasteiger partial charge in [0.25, 0.3) is 0 Å². The molecule has 0 spiro atoms. The second kappa shape index (κ2) is 6.02. The summed E-state index contributed by atoms with van der Waals surface area (Å²) in [5.74, 6) is 0. The second-order valence-corrected chi connectivity index (χ2v) is 1.86. The van der Waals surface area contributed by atoms with Gasteiger partial charge in [-0.15, -0.1) is 0 Å². The summed E-state index contributed by atoms with van der Waals surface area (Å²) >= 11 is 0. The van der Waals surface area contributed by atoms with Crippen molar-refractivity contribution >= 4 is 6.21 Å². The lowest BCUT2D eigenvalue weighted by atomic mass is 10.3. The highest BCUT2D eigenvalue weighted by Crippen LogP contribution is 1.92. The number of allylic oxidation sites excluding steroid dienone is 4. The molecule has 0 heterocycles. The molecule has 0 aromatic rings. The van der Waals surface area contributed by atoms with Crippen molar-refractivity contribution in [2.24, 2.45) is 4.99 Å². The molecule has 0 unspecified atom stereocenters. The van der Waals surface area contributed by atoms with Crippen LogP contribution in [0, 0.1) is 0 Å². The Morgan fingerprint density at radius 2 is 2.20 bits per heavy atom. The molecular formula is C9H13N. The van der Waals surface area contributed by atoms with E-state index in [2.05, 4.69) is 11.6 Å². The topological polar surface area (TPSA) is 12.4 Å². The minimum Gasteiger partial charge on any atom is -0.269 e. The van der Waals surface area contributed by atoms with Crippen molar-refractivity contribution in [3.8, 4) is 0 Å². The first-order valence-corrected chi connectivity index (χ1v) is 3.25. The SMILES string of the molecule is C=C/C(C)=C\C=C\N=CC. The summed E-state index contributed by atoms with van der Waals surface area (Å²) in [5.41, 5.74) is 1.14. The molecule has 0 aliphatic carbocycles. The summed E-state index contributed by atoms with van der Waals surface area (Å²) in [6.07, 6.45) is 9.14. The molecule has 0 radical (unpaired) electrons. The number of nitrogens with zero attached hydrogens (tertiary/aromatic N) is 1. The average molecular weight is 135 g/mol. The van der Waals surface area contributed by atoms with Crippen LogP contribution in [0.4, 0.5) is 0 Å². The number of aliphatic imine (C=N–C) groups is 1. The van der Waals surface area contributed by atoms with Crippen LogP contribution < -0.4 is 0 Å². The van der Waals surface area contributed by atoms with Gasteiger partial charge in [-0.05, 0) is 19.9 Å². The van der Waals surface area contributed by atoms with E-state index in [0.717, 1.165) is 5.57 Å². The maximum Gasteiger partial charge on any atom is 0.0263 e. The Balaban J connectivity index is 3.81. The summed E-state index contributed by atoms with van der Waals surface area (Å²) in [6, 6.07) is 0. The van der Waals surface area contributed by atoms with Crippen molar-refractivity contribution in [1.29, 1.82) is 0 Å². The van der Waals surface area contributed by atoms with Crippen molar-refractivity contribution in [2.75, 3.05) is 0 Å². The zero-order valence-electron chi connectivity index (χ0n) is 6.54. The largest absolute Gasteiger partial charge is 0.269 e. The molecule has 0 saturated heterocycles. The van der Waals surface area contributed by atoms with E-state index in [4.69, 9.17) is 0 Å². The first-order valence-electron chi connectivity index (χ1n) is 3.25. The van der Waals surface area contributed by atoms with Gasteiger partial charge in [0, 0.05) is 12.4 Å². The molecule has 0 aromatic heterocycles. The van der Waals surface area contributed by atoms with Crippen LogP contribution in [0.1, 0.15) is 13.8 Å². The van der Waals surface area contributed by atoms with Gasteiger partial charge in [-0.3, -0.25) is 4.99 Å². The third-order valence-electron chi connectivity index (χ3n) is 1.00. The first-order chi connectivity index (χ1) is 4.81. The Kier molecular flexibility index (Phi) is 5.35. The van der Waals surface area contributed by atoms with Crippen LogP contribution in [0.2, 0.25) is 0 Å². The highest BCUT2D eigenvalue weighted by Gasteiger charge is 1.71. The molecule has 0 rings (SSSR count). The van der Waals surface area contributed by atoms with Crippen molar-refractivity contribution in [3.05, 3.63) is 36.6 Å². The predicted molar refractivity (Wildman–Crippen MR) is 47.3 cm³/mol. The summed E-state index contributed by atoms with van der Waals surface area (Å²) < 4.78 is 0. The average Bonchev–Trinajstić information content (AvgIpc) is 1.98. The summed E-state index contributed by atoms with van der Waals surface area (Å²) in [4.78, 5) is 3.89. The van der Waals surface area contributed by atoms with Gasteiger partial charge in [-0.1, -0.05) is 24.3 Å². The van der Waals surface area contributed by atoms with Crippen molar-refractivity contribution in [3.63, 3.8) is 0 Å². The van der Waals surface area contributed by atoms with Crippen LogP contribution in [0.5, 0.6) is 0 Å². The zero-order chi connectivity index (χ0) is 7.82. The van der Waals surface area contributed by atoms with Crippen LogP contribution in [-0.4, -0.2) is 6.21 Å². The standard InChI is InChI=1S/C9H13N/c1-4-9(3)7-6-8-10-5-2/h4-8H,1H2,2-3H3/b8-6+,9-7-,10-5?. The van der Waals surface area contributed by atoms with E-state index in [9.17, 15) is 0 Å². The second-order valence-electron chi connectivity index (χ2n) is 1.86. The molecule has 0 saturated carbocycles. The van der Waals surface area contributed by atoms with Crippen LogP contribution in [0.3, 0.4) is 0 Å². The van der Waals surface area contributed by atoms with Crippen LogP contribution in [0.25, 0.3) is 0 Å². The Labute approximate surface area is 62.5 Å². The zero-order valence-corrected chi connectivity index (χ0v) is 6.54. The molecule has 1 heteroatoms. The molecule has 54 valence electrons. The lowest BCUT2D eigenvalue weighted by Crippen LogP contribution is -1.61. The van der Waals surface area contributed by atoms with Gasteiger partial charge >= 0.3 is 0 Å². The van der Waals surface area contributed by atoms with E-state index in [1.807, 2.05) is 26.0 Å². The monoisotopic (exact) mass is 135 g/mol. The highest BCUT2D eigenvalue weighted by atomic mass is 14.6. The van der Waals surface area contributed by atoms with Crippen LogP contribution >= 0.6 is 0 Å². The number of hydrogen-bond donors (Lipinski definition) is 0. The minimum absolute atomic E-state index is 1.14. The molecule has 0 bridgehead atoms. The van der Waals surface area contributed by atoms with Gasteiger partial charge in [-0.25, -0.2) is 0 Å². The first kappa shape index (κ1) is 8.89. The Morgan fingerprint density at radius 3 is 2.70 bits per heavy atom. The molecule has 1 nitrogen and oxygen atoms in total. The molecule has 0 fully saturated rings. The van der Waals surface area contributed by atoms with Gasteiger partial charge in [0.1, 0.15) is 0 Å². The summed E-state index contributed by atoms with van der Waals surface area (Å²) in [6.45, 7) is 7.50. The van der Waals surface area contributed by atoms with Crippen molar-refractivity contribution in [1.82, 2.24) is 0 Å². The predicted octanol–water partition coefficient (Wildman–Crippen LogP) is 2.72. The third kappa shape index (κ3) is 5.04. The van der Waals surface area contributed by atoms with Crippen LogP contribution in [-0.2, 0) is 0 Å². The molecule has 0 amide bonds. The molecule has 0 aliphatic heterocycles. The Morgan fingerprint density at radius 1 is 1.50 bits per heavy atom. The van der Waals surface area contributed by atoms with E-state index < -0.39 is 0 Å². The molecule has 10 heavy (non-hydrogen) atoms. The Bertz CT molecular complexity index is 173. The van der Waals surface area contributed by atoms with E-state index in [-0.39, 0.29) is 0 Å². The lowest BCUT2D eigenvalue weighted by molar-refractivity contribution is 1.51. The van der Waals surface area contributed by atoms with Gasteiger partial charge in [0.2, 0.25) is 0 Å². The fraction of sp³-hybridized carbons (Fsp3) is 0.222. The molecule has 0 N–H and O–H groups in total. The van der Waals surface area contributed by atoms with Crippen molar-refractivity contribution < 1.29 is 0 Å². The van der Waals surface area contributed by atoms with Crippen LogP contribution in [0.15, 0.2) is 41.6 Å². The molecule has 0 atom stereocenters. The highest BCUT2D eigenvalue weighted by molar-refractivity contribution is 5.54. The van der Waals surface area contributed by atoms with Gasteiger partial charge in [0.15, 0.2) is 0 Å². The maximum atomic E-state index is 3.89. The van der Waals surface area contributed by atoms with E-state index in [0.29, 0.717) is 0 Å². The normalized spacial score (nSPS) is 13.2. The van der Waals surface area contributed by atoms with E-state index in [1.54, 1.807) is 18.5 Å². The summed E-state index contributed by atoms with van der Waals surface area (Å²) in [7, 11) is 0. The molecule has 0 aliphatic rings. The smallest absolute Gasteiger partial charge is 0.0263 e. The van der Waals surface area contributed by atoms with Gasteiger partial charge < -0.3 is 0 Å². The third-order valence-corrected chi connectivity index (χ3v) is 1.00. The van der Waals surface area contributed by atoms with E-state index >= 15 is 0 Å². The fourth-order valence-electron chi connectivity index (χ4n) is 0.399. The fourth-order valence-corrected chi connectivity index (χ4v) is 0.399.